The first-order valence-corrected chi connectivity index (χ1v) is 6.79. The number of amides is 1. The van der Waals surface area contributed by atoms with Gasteiger partial charge in [0.05, 0.1) is 6.54 Å². The molecule has 0 spiro atoms. The number of hydrogen-bond acceptors (Lipinski definition) is 3. The number of carbonyl (C=O) groups is 2. The highest BCUT2D eigenvalue weighted by Gasteiger charge is 2.21. The summed E-state index contributed by atoms with van der Waals surface area (Å²) in [4.78, 5) is 22.6. The minimum Gasteiger partial charge on any atom is -0.480 e. The van der Waals surface area contributed by atoms with E-state index < -0.39 is 12.0 Å². The van der Waals surface area contributed by atoms with E-state index in [-0.39, 0.29) is 30.7 Å². The van der Waals surface area contributed by atoms with Gasteiger partial charge in [0.25, 0.3) is 0 Å². The van der Waals surface area contributed by atoms with Crippen LogP contribution in [-0.4, -0.2) is 29.6 Å². The smallest absolute Gasteiger partial charge is 0.320 e. The van der Waals surface area contributed by atoms with Crippen LogP contribution in [0.15, 0.2) is 18.2 Å². The van der Waals surface area contributed by atoms with E-state index in [2.05, 4.69) is 10.6 Å². The third-order valence-corrected chi connectivity index (χ3v) is 3.13. The summed E-state index contributed by atoms with van der Waals surface area (Å²) >= 11 is 0. The van der Waals surface area contributed by atoms with Gasteiger partial charge in [-0.05, 0) is 30.0 Å². The molecule has 6 heteroatoms. The van der Waals surface area contributed by atoms with Gasteiger partial charge in [-0.2, -0.15) is 0 Å². The zero-order chi connectivity index (χ0) is 16.0. The van der Waals surface area contributed by atoms with E-state index in [1.165, 1.54) is 6.07 Å². The fraction of sp³-hybridized carbons (Fsp3) is 0.467. The molecule has 0 aliphatic rings. The second kappa shape index (κ2) is 7.73. The van der Waals surface area contributed by atoms with Crippen molar-refractivity contribution in [1.82, 2.24) is 10.6 Å². The average molecular weight is 296 g/mol. The minimum absolute atomic E-state index is 0.0741. The number of rotatable bonds is 7. The van der Waals surface area contributed by atoms with Gasteiger partial charge in [0, 0.05) is 6.54 Å². The Kier molecular flexibility index (Phi) is 6.30. The molecule has 1 atom stereocenters. The van der Waals surface area contributed by atoms with E-state index in [1.807, 2.05) is 0 Å². The summed E-state index contributed by atoms with van der Waals surface area (Å²) in [5.74, 6) is -1.68. The Bertz CT molecular complexity index is 518. The summed E-state index contributed by atoms with van der Waals surface area (Å²) in [6.45, 7) is 5.40. The van der Waals surface area contributed by atoms with Gasteiger partial charge in [-0.3, -0.25) is 14.9 Å². The first kappa shape index (κ1) is 17.1. The number of nitrogens with one attached hydrogen (secondary N) is 2. The predicted octanol–water partition coefficient (Wildman–Crippen LogP) is 1.45. The van der Waals surface area contributed by atoms with E-state index in [9.17, 15) is 14.0 Å². The predicted molar refractivity (Wildman–Crippen MR) is 77.2 cm³/mol. The maximum Gasteiger partial charge on any atom is 0.320 e. The zero-order valence-electron chi connectivity index (χ0n) is 12.4. The summed E-state index contributed by atoms with van der Waals surface area (Å²) in [6, 6.07) is 3.86. The molecule has 0 heterocycles. The normalized spacial score (nSPS) is 12.2. The van der Waals surface area contributed by atoms with Crippen LogP contribution < -0.4 is 10.6 Å². The molecule has 3 N–H and O–H groups in total. The molecular weight excluding hydrogens is 275 g/mol. The summed E-state index contributed by atoms with van der Waals surface area (Å²) < 4.78 is 13.1. The van der Waals surface area contributed by atoms with Crippen LogP contribution in [0.4, 0.5) is 4.39 Å². The van der Waals surface area contributed by atoms with E-state index in [1.54, 1.807) is 32.9 Å². The fourth-order valence-electron chi connectivity index (χ4n) is 1.89. The van der Waals surface area contributed by atoms with E-state index >= 15 is 0 Å². The molecule has 1 rings (SSSR count). The van der Waals surface area contributed by atoms with Crippen LogP contribution >= 0.6 is 0 Å². The van der Waals surface area contributed by atoms with Gasteiger partial charge in [0.2, 0.25) is 5.91 Å². The summed E-state index contributed by atoms with van der Waals surface area (Å²) in [7, 11) is 0. The topological polar surface area (TPSA) is 78.4 Å². The van der Waals surface area contributed by atoms with Crippen molar-refractivity contribution in [3.8, 4) is 0 Å². The SMILES string of the molecule is Cc1cc(CNC(=O)CNC(C(=O)O)C(C)C)ccc1F. The Morgan fingerprint density at radius 3 is 2.52 bits per heavy atom. The second-order valence-corrected chi connectivity index (χ2v) is 5.30. The number of benzene rings is 1. The Morgan fingerprint density at radius 2 is 2.00 bits per heavy atom. The highest BCUT2D eigenvalue weighted by Crippen LogP contribution is 2.08. The van der Waals surface area contributed by atoms with Gasteiger partial charge >= 0.3 is 5.97 Å². The number of halogens is 1. The molecular formula is C15H21FN2O3. The van der Waals surface area contributed by atoms with E-state index in [4.69, 9.17) is 5.11 Å². The van der Waals surface area contributed by atoms with Crippen molar-refractivity contribution >= 4 is 11.9 Å². The summed E-state index contributed by atoms with van der Waals surface area (Å²) in [5, 5.41) is 14.4. The van der Waals surface area contributed by atoms with E-state index in [0.717, 1.165) is 5.56 Å². The second-order valence-electron chi connectivity index (χ2n) is 5.30. The van der Waals surface area contributed by atoms with Crippen LogP contribution in [0.3, 0.4) is 0 Å². The highest BCUT2D eigenvalue weighted by molar-refractivity contribution is 5.79. The number of aryl methyl sites for hydroxylation is 1. The van der Waals surface area contributed by atoms with Crippen LogP contribution in [0.1, 0.15) is 25.0 Å². The molecule has 5 nitrogen and oxygen atoms in total. The molecule has 1 amide bonds. The number of carbonyl (C=O) groups excluding carboxylic acids is 1. The third kappa shape index (κ3) is 5.51. The lowest BCUT2D eigenvalue weighted by molar-refractivity contribution is -0.140. The van der Waals surface area contributed by atoms with Gasteiger partial charge < -0.3 is 10.4 Å². The largest absolute Gasteiger partial charge is 0.480 e. The fourth-order valence-corrected chi connectivity index (χ4v) is 1.89. The van der Waals surface area contributed by atoms with Crippen molar-refractivity contribution in [1.29, 1.82) is 0 Å². The molecule has 1 unspecified atom stereocenters. The first-order chi connectivity index (χ1) is 9.81. The maximum absolute atomic E-state index is 13.1. The molecule has 0 saturated heterocycles. The molecule has 0 bridgehead atoms. The molecule has 1 aromatic carbocycles. The lowest BCUT2D eigenvalue weighted by Crippen LogP contribution is -2.45. The van der Waals surface area contributed by atoms with Crippen LogP contribution in [-0.2, 0) is 16.1 Å². The number of carboxylic acid groups (broad SMARTS) is 1. The Hall–Kier alpha value is -1.95. The maximum atomic E-state index is 13.1. The lowest BCUT2D eigenvalue weighted by Gasteiger charge is -2.17. The molecule has 0 aliphatic carbocycles. The van der Waals surface area contributed by atoms with Gasteiger partial charge in [-0.15, -0.1) is 0 Å². The summed E-state index contributed by atoms with van der Waals surface area (Å²) in [5.41, 5.74) is 1.31. The lowest BCUT2D eigenvalue weighted by atomic mass is 10.1. The number of carboxylic acids is 1. The minimum atomic E-state index is -0.980. The van der Waals surface area contributed by atoms with Gasteiger partial charge in [-0.25, -0.2) is 4.39 Å². The number of hydrogen-bond donors (Lipinski definition) is 3. The van der Waals surface area contributed by atoms with Crippen molar-refractivity contribution in [3.05, 3.63) is 35.1 Å². The Balaban J connectivity index is 2.43. The van der Waals surface area contributed by atoms with Crippen molar-refractivity contribution < 1.29 is 19.1 Å². The molecule has 116 valence electrons. The van der Waals surface area contributed by atoms with Crippen molar-refractivity contribution in [2.24, 2.45) is 5.92 Å². The van der Waals surface area contributed by atoms with Crippen LogP contribution in [0.2, 0.25) is 0 Å². The zero-order valence-corrected chi connectivity index (χ0v) is 12.4. The quantitative estimate of drug-likeness (QED) is 0.711. The monoisotopic (exact) mass is 296 g/mol. The molecule has 0 aromatic heterocycles. The Morgan fingerprint density at radius 1 is 1.33 bits per heavy atom. The average Bonchev–Trinajstić information content (AvgIpc) is 2.39. The van der Waals surface area contributed by atoms with Crippen LogP contribution in [0.25, 0.3) is 0 Å². The van der Waals surface area contributed by atoms with Crippen molar-refractivity contribution in [2.45, 2.75) is 33.4 Å². The molecule has 1 aromatic rings. The van der Waals surface area contributed by atoms with Crippen LogP contribution in [0.5, 0.6) is 0 Å². The van der Waals surface area contributed by atoms with Crippen molar-refractivity contribution in [2.75, 3.05) is 6.54 Å². The standard InChI is InChI=1S/C15H21FN2O3/c1-9(2)14(15(20)21)18-8-13(19)17-7-11-4-5-12(16)10(3)6-11/h4-6,9,14,18H,7-8H2,1-3H3,(H,17,19)(H,20,21). The third-order valence-electron chi connectivity index (χ3n) is 3.13. The summed E-state index contributed by atoms with van der Waals surface area (Å²) in [6.07, 6.45) is 0. The van der Waals surface area contributed by atoms with Crippen LogP contribution in [0, 0.1) is 18.7 Å². The molecule has 0 radical (unpaired) electrons. The van der Waals surface area contributed by atoms with Gasteiger partial charge in [-0.1, -0.05) is 26.0 Å². The molecule has 0 fully saturated rings. The van der Waals surface area contributed by atoms with Gasteiger partial charge in [0.15, 0.2) is 0 Å². The highest BCUT2D eigenvalue weighted by atomic mass is 19.1. The molecule has 0 aliphatic heterocycles. The van der Waals surface area contributed by atoms with Gasteiger partial charge in [0.1, 0.15) is 11.9 Å². The van der Waals surface area contributed by atoms with Crippen molar-refractivity contribution in [3.63, 3.8) is 0 Å². The first-order valence-electron chi connectivity index (χ1n) is 6.79. The Labute approximate surface area is 123 Å². The van der Waals surface area contributed by atoms with E-state index in [0.29, 0.717) is 5.56 Å². The molecule has 0 saturated carbocycles. The molecule has 21 heavy (non-hydrogen) atoms. The number of aliphatic carboxylic acids is 1.